The molecule has 0 radical (unpaired) electrons. The van der Waals surface area contributed by atoms with Gasteiger partial charge in [-0.1, -0.05) is 30.3 Å². The maximum absolute atomic E-state index is 14.0. The maximum Gasteiger partial charge on any atom is 0.433 e. The van der Waals surface area contributed by atoms with Crippen molar-refractivity contribution in [1.29, 1.82) is 0 Å². The summed E-state index contributed by atoms with van der Waals surface area (Å²) in [5.74, 6) is -3.05. The molecule has 2 atom stereocenters. The van der Waals surface area contributed by atoms with E-state index in [0.29, 0.717) is 34.4 Å². The number of amides is 2. The maximum atomic E-state index is 14.0. The molecule has 0 saturated carbocycles. The number of alkyl halides is 3. The Kier molecular flexibility index (Phi) is 6.99. The van der Waals surface area contributed by atoms with Crippen LogP contribution in [0.2, 0.25) is 0 Å². The van der Waals surface area contributed by atoms with Crippen molar-refractivity contribution in [2.24, 2.45) is 0 Å². The predicted octanol–water partition coefficient (Wildman–Crippen LogP) is 4.19. The molecule has 0 bridgehead atoms. The van der Waals surface area contributed by atoms with E-state index >= 15 is 0 Å². The number of likely N-dealkylation sites (N-methyl/N-ethyl adjacent to an activating group) is 1. The predicted molar refractivity (Wildman–Crippen MR) is 140 cm³/mol. The lowest BCUT2D eigenvalue weighted by atomic mass is 9.81. The summed E-state index contributed by atoms with van der Waals surface area (Å²) in [4.78, 5) is 46.7. The number of halogens is 3. The Morgan fingerprint density at radius 2 is 1.85 bits per heavy atom. The number of rotatable bonds is 6. The molecule has 4 aromatic rings. The molecule has 3 heterocycles. The second kappa shape index (κ2) is 10.4. The lowest BCUT2D eigenvalue weighted by Gasteiger charge is -2.38. The van der Waals surface area contributed by atoms with Gasteiger partial charge in [0.1, 0.15) is 17.6 Å². The van der Waals surface area contributed by atoms with Gasteiger partial charge in [-0.15, -0.1) is 0 Å². The highest BCUT2D eigenvalue weighted by atomic mass is 19.4. The van der Waals surface area contributed by atoms with Gasteiger partial charge in [0, 0.05) is 36.4 Å². The number of benzene rings is 2. The number of non-ortho nitro benzene ring substituents is 1. The molecule has 41 heavy (non-hydrogen) atoms. The van der Waals surface area contributed by atoms with Crippen LogP contribution in [-0.4, -0.2) is 49.1 Å². The average molecular weight is 566 g/mol. The molecule has 2 aromatic heterocycles. The molecule has 2 aromatic carbocycles. The minimum Gasteiger partial charge on any atom is -0.337 e. The van der Waals surface area contributed by atoms with Crippen LogP contribution in [0.15, 0.2) is 66.9 Å². The fraction of sp³-hybridized carbons (Fsp3) is 0.222. The van der Waals surface area contributed by atoms with Crippen LogP contribution >= 0.6 is 0 Å². The first-order valence-corrected chi connectivity index (χ1v) is 12.4. The molecule has 0 fully saturated rings. The topological polar surface area (TPSA) is 136 Å². The Morgan fingerprint density at radius 3 is 2.51 bits per heavy atom. The number of hydrogen-bond donors (Lipinski definition) is 1. The zero-order valence-electron chi connectivity index (χ0n) is 21.7. The van der Waals surface area contributed by atoms with Crippen molar-refractivity contribution in [2.45, 2.75) is 32.0 Å². The van der Waals surface area contributed by atoms with Crippen molar-refractivity contribution < 1.29 is 27.7 Å². The van der Waals surface area contributed by atoms with E-state index in [0.717, 1.165) is 6.20 Å². The van der Waals surface area contributed by atoms with E-state index < -0.39 is 46.4 Å². The molecular weight excluding hydrogens is 543 g/mol. The van der Waals surface area contributed by atoms with Crippen LogP contribution in [0.3, 0.4) is 0 Å². The normalized spacial score (nSPS) is 16.8. The van der Waals surface area contributed by atoms with Crippen molar-refractivity contribution in [1.82, 2.24) is 25.1 Å². The number of aryl methyl sites for hydroxylation is 1. The number of aromatic nitrogens is 4. The summed E-state index contributed by atoms with van der Waals surface area (Å²) in [5.41, 5.74) is 0.428. The first-order chi connectivity index (χ1) is 19.5. The highest BCUT2D eigenvalue weighted by Crippen LogP contribution is 2.44. The van der Waals surface area contributed by atoms with E-state index in [4.69, 9.17) is 0 Å². The monoisotopic (exact) mass is 565 g/mol. The fourth-order valence-electron chi connectivity index (χ4n) is 4.96. The Hall–Kier alpha value is -5.14. The number of nitrogens with one attached hydrogen (secondary N) is 1. The lowest BCUT2D eigenvalue weighted by molar-refractivity contribution is -0.384. The van der Waals surface area contributed by atoms with Crippen molar-refractivity contribution in [3.63, 3.8) is 0 Å². The van der Waals surface area contributed by atoms with Crippen LogP contribution in [0, 0.1) is 17.0 Å². The van der Waals surface area contributed by atoms with Crippen molar-refractivity contribution in [2.75, 3.05) is 11.4 Å². The smallest absolute Gasteiger partial charge is 0.337 e. The fourth-order valence-corrected chi connectivity index (χ4v) is 4.96. The van der Waals surface area contributed by atoms with Gasteiger partial charge in [0.25, 0.3) is 17.5 Å². The number of anilines is 1. The SMILES string of the molecule is CCN1C(=O)C(NC(=O)c2nccc(C(F)(F)F)n2)C(c2cccc([N+](=O)[O-])c2)c2c(C)nn(-c3ccccc3)c21. The van der Waals surface area contributed by atoms with Gasteiger partial charge in [-0.25, -0.2) is 14.6 Å². The summed E-state index contributed by atoms with van der Waals surface area (Å²) in [6.07, 6.45) is -4.02. The van der Waals surface area contributed by atoms with Crippen molar-refractivity contribution in [3.8, 4) is 5.69 Å². The van der Waals surface area contributed by atoms with Crippen LogP contribution in [0.1, 0.15) is 46.0 Å². The number of nitro groups is 1. The second-order valence-electron chi connectivity index (χ2n) is 9.20. The molecule has 2 unspecified atom stereocenters. The third-order valence-electron chi connectivity index (χ3n) is 6.71. The van der Waals surface area contributed by atoms with E-state index in [1.54, 1.807) is 48.9 Å². The number of hydrogen-bond acceptors (Lipinski definition) is 7. The van der Waals surface area contributed by atoms with Gasteiger partial charge in [0.15, 0.2) is 0 Å². The minimum atomic E-state index is -4.82. The van der Waals surface area contributed by atoms with E-state index in [1.165, 1.54) is 23.1 Å². The summed E-state index contributed by atoms with van der Waals surface area (Å²) in [5, 5.41) is 18.8. The van der Waals surface area contributed by atoms with Crippen molar-refractivity contribution >= 4 is 23.3 Å². The van der Waals surface area contributed by atoms with Gasteiger partial charge in [0.05, 0.1) is 16.3 Å². The molecule has 1 aliphatic rings. The van der Waals surface area contributed by atoms with Gasteiger partial charge >= 0.3 is 6.18 Å². The Balaban J connectivity index is 1.68. The van der Waals surface area contributed by atoms with E-state index in [9.17, 15) is 32.9 Å². The molecule has 210 valence electrons. The largest absolute Gasteiger partial charge is 0.433 e. The van der Waals surface area contributed by atoms with Crippen LogP contribution in [0.4, 0.5) is 24.7 Å². The van der Waals surface area contributed by atoms with Gasteiger partial charge in [-0.2, -0.15) is 18.3 Å². The van der Waals surface area contributed by atoms with Crippen LogP contribution in [0.25, 0.3) is 5.69 Å². The van der Waals surface area contributed by atoms with Gasteiger partial charge in [-0.3, -0.25) is 24.6 Å². The zero-order valence-corrected chi connectivity index (χ0v) is 21.7. The quantitative estimate of drug-likeness (QED) is 0.273. The molecule has 1 aliphatic heterocycles. The minimum absolute atomic E-state index is 0.165. The number of carbonyl (C=O) groups excluding carboxylic acids is 2. The van der Waals surface area contributed by atoms with Gasteiger partial charge in [0.2, 0.25) is 5.82 Å². The number of carbonyl (C=O) groups is 2. The summed E-state index contributed by atoms with van der Waals surface area (Å²) < 4.78 is 41.3. The van der Waals surface area contributed by atoms with E-state index in [1.807, 2.05) is 6.07 Å². The van der Waals surface area contributed by atoms with Crippen LogP contribution in [0.5, 0.6) is 0 Å². The standard InChI is InChI=1S/C27H22F3N7O4/c1-3-35-25-20(15(2)34-36(25)17-9-5-4-6-10-17)21(16-8-7-11-18(14-16)37(40)41)22(26(35)39)33-24(38)23-31-13-12-19(32-23)27(28,29)30/h4-14,21-22H,3H2,1-2H3,(H,33,38). The average Bonchev–Trinajstić information content (AvgIpc) is 3.30. The lowest BCUT2D eigenvalue weighted by Crippen LogP contribution is -2.55. The Labute approximate surface area is 230 Å². The number of para-hydroxylation sites is 1. The van der Waals surface area contributed by atoms with Crippen LogP contribution < -0.4 is 10.2 Å². The van der Waals surface area contributed by atoms with E-state index in [2.05, 4.69) is 20.4 Å². The third-order valence-corrected chi connectivity index (χ3v) is 6.71. The highest BCUT2D eigenvalue weighted by Gasteiger charge is 2.46. The molecule has 14 heteroatoms. The van der Waals surface area contributed by atoms with E-state index in [-0.39, 0.29) is 12.2 Å². The second-order valence-corrected chi connectivity index (χ2v) is 9.20. The molecule has 11 nitrogen and oxygen atoms in total. The van der Waals surface area contributed by atoms with Crippen LogP contribution in [-0.2, 0) is 11.0 Å². The summed E-state index contributed by atoms with van der Waals surface area (Å²) >= 11 is 0. The molecular formula is C27H22F3N7O4. The molecule has 0 aliphatic carbocycles. The first-order valence-electron chi connectivity index (χ1n) is 12.4. The number of nitro benzene ring substituents is 1. The molecule has 0 saturated heterocycles. The molecule has 5 rings (SSSR count). The first kappa shape index (κ1) is 27.4. The molecule has 0 spiro atoms. The van der Waals surface area contributed by atoms with Crippen molar-refractivity contribution in [3.05, 3.63) is 105 Å². The summed E-state index contributed by atoms with van der Waals surface area (Å²) in [7, 11) is 0. The van der Waals surface area contributed by atoms with Gasteiger partial charge in [-0.05, 0) is 37.6 Å². The Morgan fingerprint density at radius 1 is 1.12 bits per heavy atom. The Bertz CT molecular complexity index is 1660. The number of fused-ring (bicyclic) bond motifs is 1. The third kappa shape index (κ3) is 4.99. The number of nitrogens with zero attached hydrogens (tertiary/aromatic N) is 6. The molecule has 2 amide bonds. The summed E-state index contributed by atoms with van der Waals surface area (Å²) in [6.45, 7) is 3.60. The highest BCUT2D eigenvalue weighted by molar-refractivity contribution is 6.04. The molecule has 1 N–H and O–H groups in total. The summed E-state index contributed by atoms with van der Waals surface area (Å²) in [6, 6.07) is 13.9. The zero-order chi connectivity index (χ0) is 29.5. The van der Waals surface area contributed by atoms with Gasteiger partial charge < -0.3 is 5.32 Å².